The molecule has 1 aromatic heterocycles. The fraction of sp³-hybridized carbons (Fsp3) is 0.158. The summed E-state index contributed by atoms with van der Waals surface area (Å²) in [6, 6.07) is 11.4. The lowest BCUT2D eigenvalue weighted by molar-refractivity contribution is -0.147. The van der Waals surface area contributed by atoms with Crippen molar-refractivity contribution >= 4 is 28.5 Å². The van der Waals surface area contributed by atoms with E-state index in [0.717, 1.165) is 0 Å². The number of rotatable bonds is 5. The standard InChI is InChI=1S/C19H15ClO6/c1-11(19(22)23-2)25-12-7-8-13-16(9-12)24-10-17(18(13)21)26-15-6-4-3-5-14(15)20/h3-11H,1-2H3/t11-/m0/s1. The fourth-order valence-electron chi connectivity index (χ4n) is 2.30. The van der Waals surface area contributed by atoms with Gasteiger partial charge in [-0.25, -0.2) is 4.79 Å². The molecule has 134 valence electrons. The highest BCUT2D eigenvalue weighted by molar-refractivity contribution is 6.32. The van der Waals surface area contributed by atoms with Gasteiger partial charge in [0.25, 0.3) is 0 Å². The van der Waals surface area contributed by atoms with E-state index in [1.165, 1.54) is 19.4 Å². The van der Waals surface area contributed by atoms with Crippen molar-refractivity contribution in [1.29, 1.82) is 0 Å². The summed E-state index contributed by atoms with van der Waals surface area (Å²) in [6.45, 7) is 1.56. The van der Waals surface area contributed by atoms with E-state index >= 15 is 0 Å². The van der Waals surface area contributed by atoms with Crippen LogP contribution in [-0.2, 0) is 9.53 Å². The summed E-state index contributed by atoms with van der Waals surface area (Å²) in [6.07, 6.45) is 0.425. The predicted octanol–water partition coefficient (Wildman–Crippen LogP) is 4.18. The van der Waals surface area contributed by atoms with Crippen molar-refractivity contribution < 1.29 is 23.4 Å². The summed E-state index contributed by atoms with van der Waals surface area (Å²) < 4.78 is 21.1. The molecule has 0 fully saturated rings. The molecule has 26 heavy (non-hydrogen) atoms. The fourth-order valence-corrected chi connectivity index (χ4v) is 2.47. The molecule has 1 heterocycles. The van der Waals surface area contributed by atoms with E-state index in [4.69, 9.17) is 25.5 Å². The Labute approximate surface area is 153 Å². The number of hydrogen-bond donors (Lipinski definition) is 0. The van der Waals surface area contributed by atoms with Crippen LogP contribution in [-0.4, -0.2) is 19.2 Å². The van der Waals surface area contributed by atoms with Crippen molar-refractivity contribution in [3.8, 4) is 17.2 Å². The van der Waals surface area contributed by atoms with Crippen molar-refractivity contribution in [3.63, 3.8) is 0 Å². The first-order chi connectivity index (χ1) is 12.5. The lowest BCUT2D eigenvalue weighted by atomic mass is 10.2. The van der Waals surface area contributed by atoms with Gasteiger partial charge in [-0.05, 0) is 31.2 Å². The first-order valence-corrected chi connectivity index (χ1v) is 8.10. The number of carbonyl (C=O) groups is 1. The van der Waals surface area contributed by atoms with E-state index in [0.29, 0.717) is 27.5 Å². The number of carbonyl (C=O) groups excluding carboxylic acids is 1. The van der Waals surface area contributed by atoms with Crippen LogP contribution in [0.5, 0.6) is 17.2 Å². The average molecular weight is 375 g/mol. The minimum absolute atomic E-state index is 0.0159. The van der Waals surface area contributed by atoms with E-state index in [-0.39, 0.29) is 11.2 Å². The summed E-state index contributed by atoms with van der Waals surface area (Å²) in [4.78, 5) is 24.0. The highest BCUT2D eigenvalue weighted by atomic mass is 35.5. The topological polar surface area (TPSA) is 75.0 Å². The van der Waals surface area contributed by atoms with Gasteiger partial charge in [-0.3, -0.25) is 4.79 Å². The molecule has 7 heteroatoms. The summed E-state index contributed by atoms with van der Waals surface area (Å²) in [5.41, 5.74) is -0.0465. The van der Waals surface area contributed by atoms with E-state index in [1.54, 1.807) is 43.3 Å². The molecule has 0 aliphatic carbocycles. The number of para-hydroxylation sites is 1. The number of benzene rings is 2. The Hall–Kier alpha value is -2.99. The second-order valence-electron chi connectivity index (χ2n) is 5.40. The number of esters is 1. The summed E-state index contributed by atoms with van der Waals surface area (Å²) >= 11 is 6.04. The highest BCUT2D eigenvalue weighted by Crippen LogP contribution is 2.29. The van der Waals surface area contributed by atoms with Gasteiger partial charge in [0.1, 0.15) is 23.3 Å². The smallest absolute Gasteiger partial charge is 0.346 e. The first-order valence-electron chi connectivity index (χ1n) is 7.72. The molecule has 0 bridgehead atoms. The second-order valence-corrected chi connectivity index (χ2v) is 5.81. The molecule has 0 aliphatic heterocycles. The zero-order chi connectivity index (χ0) is 18.7. The lowest BCUT2D eigenvalue weighted by Crippen LogP contribution is -2.24. The van der Waals surface area contributed by atoms with Crippen molar-refractivity contribution in [2.75, 3.05) is 7.11 Å². The quantitative estimate of drug-likeness (QED) is 0.624. The molecule has 0 spiro atoms. The number of methoxy groups -OCH3 is 1. The van der Waals surface area contributed by atoms with E-state index < -0.39 is 12.1 Å². The average Bonchev–Trinajstić information content (AvgIpc) is 2.65. The molecule has 0 unspecified atom stereocenters. The molecule has 6 nitrogen and oxygen atoms in total. The van der Waals surface area contributed by atoms with Gasteiger partial charge in [0.05, 0.1) is 17.5 Å². The van der Waals surface area contributed by atoms with Crippen LogP contribution in [0.15, 0.2) is 57.9 Å². The Morgan fingerprint density at radius 1 is 1.15 bits per heavy atom. The molecule has 0 saturated heterocycles. The van der Waals surface area contributed by atoms with Crippen LogP contribution >= 0.6 is 11.6 Å². The van der Waals surface area contributed by atoms with Crippen LogP contribution in [0.2, 0.25) is 5.02 Å². The van der Waals surface area contributed by atoms with Gasteiger partial charge < -0.3 is 18.6 Å². The molecule has 1 atom stereocenters. The summed E-state index contributed by atoms with van der Waals surface area (Å²) in [5.74, 6) is 0.239. The van der Waals surface area contributed by atoms with Crippen molar-refractivity contribution in [2.24, 2.45) is 0 Å². The summed E-state index contributed by atoms with van der Waals surface area (Å²) in [5, 5.41) is 0.695. The maximum Gasteiger partial charge on any atom is 0.346 e. The van der Waals surface area contributed by atoms with Gasteiger partial charge in [0.2, 0.25) is 11.2 Å². The number of halogens is 1. The van der Waals surface area contributed by atoms with Crippen LogP contribution < -0.4 is 14.9 Å². The second kappa shape index (κ2) is 7.49. The largest absolute Gasteiger partial charge is 0.479 e. The molecule has 0 N–H and O–H groups in total. The van der Waals surface area contributed by atoms with Gasteiger partial charge in [-0.2, -0.15) is 0 Å². The van der Waals surface area contributed by atoms with E-state index in [1.807, 2.05) is 0 Å². The molecule has 2 aromatic carbocycles. The third-order valence-corrected chi connectivity index (χ3v) is 3.93. The Kier molecular flexibility index (Phi) is 5.14. The van der Waals surface area contributed by atoms with Crippen LogP contribution in [0.4, 0.5) is 0 Å². The van der Waals surface area contributed by atoms with Crippen LogP contribution in [0, 0.1) is 0 Å². The van der Waals surface area contributed by atoms with Crippen LogP contribution in [0.25, 0.3) is 11.0 Å². The zero-order valence-electron chi connectivity index (χ0n) is 14.0. The molecule has 3 rings (SSSR count). The molecule has 0 amide bonds. The minimum Gasteiger partial charge on any atom is -0.479 e. The third-order valence-electron chi connectivity index (χ3n) is 3.62. The third kappa shape index (κ3) is 3.65. The summed E-state index contributed by atoms with van der Waals surface area (Å²) in [7, 11) is 1.28. The Morgan fingerprint density at radius 3 is 2.65 bits per heavy atom. The Bertz CT molecular complexity index is 1010. The van der Waals surface area contributed by atoms with E-state index in [9.17, 15) is 9.59 Å². The highest BCUT2D eigenvalue weighted by Gasteiger charge is 2.16. The molecular weight excluding hydrogens is 360 g/mol. The monoisotopic (exact) mass is 374 g/mol. The maximum atomic E-state index is 12.6. The molecule has 0 saturated carbocycles. The number of fused-ring (bicyclic) bond motifs is 1. The van der Waals surface area contributed by atoms with Gasteiger partial charge in [0, 0.05) is 6.07 Å². The van der Waals surface area contributed by atoms with E-state index in [2.05, 4.69) is 4.74 Å². The van der Waals surface area contributed by atoms with Crippen LogP contribution in [0.3, 0.4) is 0 Å². The SMILES string of the molecule is COC(=O)[C@H](C)Oc1ccc2c(=O)c(Oc3ccccc3Cl)coc2c1. The molecule has 0 radical (unpaired) electrons. The minimum atomic E-state index is -0.785. The van der Waals surface area contributed by atoms with Crippen molar-refractivity contribution in [1.82, 2.24) is 0 Å². The normalized spacial score (nSPS) is 11.8. The molecular formula is C19H15ClO6. The van der Waals surface area contributed by atoms with Gasteiger partial charge in [-0.15, -0.1) is 0 Å². The molecule has 0 aliphatic rings. The maximum absolute atomic E-state index is 12.6. The van der Waals surface area contributed by atoms with Crippen LogP contribution in [0.1, 0.15) is 6.92 Å². The van der Waals surface area contributed by atoms with Crippen molar-refractivity contribution in [2.45, 2.75) is 13.0 Å². The predicted molar refractivity (Wildman–Crippen MR) is 96.1 cm³/mol. The number of hydrogen-bond acceptors (Lipinski definition) is 6. The Balaban J connectivity index is 1.90. The van der Waals surface area contributed by atoms with Gasteiger partial charge in [-0.1, -0.05) is 23.7 Å². The number of ether oxygens (including phenoxy) is 3. The van der Waals surface area contributed by atoms with Crippen molar-refractivity contribution in [3.05, 3.63) is 64.0 Å². The lowest BCUT2D eigenvalue weighted by Gasteiger charge is -2.12. The molecule has 3 aromatic rings. The van der Waals surface area contributed by atoms with Gasteiger partial charge in [0.15, 0.2) is 6.10 Å². The van der Waals surface area contributed by atoms with Gasteiger partial charge >= 0.3 is 5.97 Å². The Morgan fingerprint density at radius 2 is 1.92 bits per heavy atom. The first kappa shape index (κ1) is 17.8. The zero-order valence-corrected chi connectivity index (χ0v) is 14.8.